The number of hydrogen-bond donors (Lipinski definition) is 0. The van der Waals surface area contributed by atoms with E-state index >= 15 is 0 Å². The molecule has 0 aliphatic carbocycles. The first-order valence-electron chi connectivity index (χ1n) is 4.97. The average Bonchev–Trinajstić information content (AvgIpc) is 2.65. The Morgan fingerprint density at radius 2 is 2.27 bits per heavy atom. The van der Waals surface area contributed by atoms with E-state index in [1.165, 1.54) is 16.5 Å². The molecule has 76 valence electrons. The first-order valence-corrected chi connectivity index (χ1v) is 5.35. The van der Waals surface area contributed by atoms with Crippen LogP contribution in [0.1, 0.15) is 11.1 Å². The zero-order valence-corrected chi connectivity index (χ0v) is 9.14. The quantitative estimate of drug-likeness (QED) is 0.679. The summed E-state index contributed by atoms with van der Waals surface area (Å²) >= 11 is 5.94. The Kier molecular flexibility index (Phi) is 1.86. The Labute approximate surface area is 92.8 Å². The first kappa shape index (κ1) is 8.98. The Morgan fingerprint density at radius 3 is 3.13 bits per heavy atom. The monoisotopic (exact) mass is 219 g/mol. The van der Waals surface area contributed by atoms with Crippen molar-refractivity contribution in [2.45, 2.75) is 13.3 Å². The third-order valence-corrected chi connectivity index (χ3v) is 3.12. The van der Waals surface area contributed by atoms with Crippen LogP contribution in [0.25, 0.3) is 10.9 Å². The Hall–Kier alpha value is -1.28. The van der Waals surface area contributed by atoms with Crippen LogP contribution in [0.3, 0.4) is 0 Å². The van der Waals surface area contributed by atoms with Gasteiger partial charge in [0, 0.05) is 22.4 Å². The van der Waals surface area contributed by atoms with E-state index in [1.54, 1.807) is 0 Å². The molecular formula is C12H10ClNO. The molecule has 0 amide bonds. The van der Waals surface area contributed by atoms with Crippen molar-refractivity contribution >= 4 is 22.5 Å². The maximum Gasteiger partial charge on any atom is 0.217 e. The zero-order valence-electron chi connectivity index (χ0n) is 8.38. The van der Waals surface area contributed by atoms with E-state index in [4.69, 9.17) is 16.3 Å². The lowest BCUT2D eigenvalue weighted by molar-refractivity contribution is 0.346. The van der Waals surface area contributed by atoms with Gasteiger partial charge in [0.15, 0.2) is 0 Å². The van der Waals surface area contributed by atoms with Crippen LogP contribution < -0.4 is 4.74 Å². The summed E-state index contributed by atoms with van der Waals surface area (Å²) in [6, 6.07) is 5.81. The predicted molar refractivity (Wildman–Crippen MR) is 60.7 cm³/mol. The molecule has 3 heteroatoms. The average molecular weight is 220 g/mol. The van der Waals surface area contributed by atoms with Gasteiger partial charge in [0.25, 0.3) is 0 Å². The number of ether oxygens (including phenoxy) is 1. The highest BCUT2D eigenvalue weighted by Gasteiger charge is 2.18. The normalized spacial score (nSPS) is 14.0. The van der Waals surface area contributed by atoms with Crippen molar-refractivity contribution in [2.75, 3.05) is 6.61 Å². The van der Waals surface area contributed by atoms with E-state index in [-0.39, 0.29) is 0 Å². The third-order valence-electron chi connectivity index (χ3n) is 2.89. The van der Waals surface area contributed by atoms with E-state index in [0.717, 1.165) is 24.4 Å². The van der Waals surface area contributed by atoms with Gasteiger partial charge in [0.05, 0.1) is 12.1 Å². The summed E-state index contributed by atoms with van der Waals surface area (Å²) < 4.78 is 5.47. The maximum absolute atomic E-state index is 5.94. The van der Waals surface area contributed by atoms with Gasteiger partial charge in [-0.15, -0.1) is 0 Å². The Balaban J connectivity index is 2.41. The highest BCUT2D eigenvalue weighted by Crippen LogP contribution is 2.32. The fraction of sp³-hybridized carbons (Fsp3) is 0.250. The molecule has 1 aliphatic rings. The van der Waals surface area contributed by atoms with Crippen molar-refractivity contribution in [1.82, 2.24) is 4.98 Å². The molecule has 0 fully saturated rings. The highest BCUT2D eigenvalue weighted by atomic mass is 35.5. The standard InChI is InChI=1S/C12H10ClNO/c1-7-9-3-2-8(13)6-11(9)14-12-10(7)4-5-15-12/h2-3,6H,4-5H2,1H3. The van der Waals surface area contributed by atoms with E-state index in [0.29, 0.717) is 5.02 Å². The Bertz CT molecular complexity index is 551. The van der Waals surface area contributed by atoms with Crippen molar-refractivity contribution in [1.29, 1.82) is 0 Å². The number of aromatic nitrogens is 1. The summed E-state index contributed by atoms with van der Waals surface area (Å²) in [6.07, 6.45) is 0.965. The Morgan fingerprint density at radius 1 is 1.40 bits per heavy atom. The number of aryl methyl sites for hydroxylation is 1. The number of hydrogen-bond acceptors (Lipinski definition) is 2. The minimum atomic E-state index is 0.715. The fourth-order valence-corrected chi connectivity index (χ4v) is 2.24. The smallest absolute Gasteiger partial charge is 0.217 e. The molecule has 0 N–H and O–H groups in total. The summed E-state index contributed by atoms with van der Waals surface area (Å²) in [6.45, 7) is 2.86. The SMILES string of the molecule is Cc1c2c(nc3cc(Cl)ccc13)OCC2. The molecule has 1 aliphatic heterocycles. The van der Waals surface area contributed by atoms with E-state index < -0.39 is 0 Å². The number of pyridine rings is 1. The van der Waals surface area contributed by atoms with Gasteiger partial charge in [0.2, 0.25) is 5.88 Å². The number of nitrogens with zero attached hydrogens (tertiary/aromatic N) is 1. The number of fused-ring (bicyclic) bond motifs is 2. The fourth-order valence-electron chi connectivity index (χ4n) is 2.08. The molecule has 0 radical (unpaired) electrons. The van der Waals surface area contributed by atoms with Crippen LogP contribution in [0.2, 0.25) is 5.02 Å². The summed E-state index contributed by atoms with van der Waals surface area (Å²) in [5, 5.41) is 1.89. The molecule has 0 unspecified atom stereocenters. The third kappa shape index (κ3) is 1.29. The number of halogens is 1. The van der Waals surface area contributed by atoms with Crippen LogP contribution in [0.5, 0.6) is 5.88 Å². The lowest BCUT2D eigenvalue weighted by Gasteiger charge is -2.06. The second-order valence-corrected chi connectivity index (χ2v) is 4.22. The second kappa shape index (κ2) is 3.11. The van der Waals surface area contributed by atoms with Crippen LogP contribution in [0.15, 0.2) is 18.2 Å². The van der Waals surface area contributed by atoms with Crippen LogP contribution in [0, 0.1) is 6.92 Å². The molecule has 2 heterocycles. The van der Waals surface area contributed by atoms with Gasteiger partial charge in [-0.3, -0.25) is 0 Å². The van der Waals surface area contributed by atoms with E-state index in [2.05, 4.69) is 11.9 Å². The largest absolute Gasteiger partial charge is 0.477 e. The van der Waals surface area contributed by atoms with Gasteiger partial charge < -0.3 is 4.74 Å². The van der Waals surface area contributed by atoms with Crippen molar-refractivity contribution in [2.24, 2.45) is 0 Å². The molecule has 0 atom stereocenters. The van der Waals surface area contributed by atoms with Crippen LogP contribution in [-0.4, -0.2) is 11.6 Å². The molecule has 2 nitrogen and oxygen atoms in total. The van der Waals surface area contributed by atoms with Crippen LogP contribution >= 0.6 is 11.6 Å². The van der Waals surface area contributed by atoms with Crippen LogP contribution in [0.4, 0.5) is 0 Å². The van der Waals surface area contributed by atoms with E-state index in [1.807, 2.05) is 18.2 Å². The van der Waals surface area contributed by atoms with Crippen molar-refractivity contribution < 1.29 is 4.74 Å². The molecule has 0 saturated carbocycles. The van der Waals surface area contributed by atoms with E-state index in [9.17, 15) is 0 Å². The summed E-state index contributed by atoms with van der Waals surface area (Å²) in [5.74, 6) is 0.780. The maximum atomic E-state index is 5.94. The molecule has 15 heavy (non-hydrogen) atoms. The summed E-state index contributed by atoms with van der Waals surface area (Å²) in [4.78, 5) is 4.47. The van der Waals surface area contributed by atoms with Gasteiger partial charge in [-0.1, -0.05) is 17.7 Å². The van der Waals surface area contributed by atoms with Crippen molar-refractivity contribution in [3.8, 4) is 5.88 Å². The number of rotatable bonds is 0. The highest BCUT2D eigenvalue weighted by molar-refractivity contribution is 6.31. The molecule has 0 spiro atoms. The molecule has 3 rings (SSSR count). The molecule has 0 saturated heterocycles. The van der Waals surface area contributed by atoms with Gasteiger partial charge in [-0.25, -0.2) is 4.98 Å². The molecule has 2 aromatic rings. The minimum absolute atomic E-state index is 0.715. The predicted octanol–water partition coefficient (Wildman–Crippen LogP) is 3.13. The van der Waals surface area contributed by atoms with Gasteiger partial charge in [-0.05, 0) is 24.6 Å². The van der Waals surface area contributed by atoms with Gasteiger partial charge >= 0.3 is 0 Å². The van der Waals surface area contributed by atoms with Crippen LogP contribution in [-0.2, 0) is 6.42 Å². The molecule has 0 bridgehead atoms. The second-order valence-electron chi connectivity index (χ2n) is 3.78. The number of benzene rings is 1. The lowest BCUT2D eigenvalue weighted by Crippen LogP contribution is -1.90. The van der Waals surface area contributed by atoms with Crippen molar-refractivity contribution in [3.63, 3.8) is 0 Å². The topological polar surface area (TPSA) is 22.1 Å². The minimum Gasteiger partial charge on any atom is -0.477 e. The van der Waals surface area contributed by atoms with Gasteiger partial charge in [-0.2, -0.15) is 0 Å². The molecular weight excluding hydrogens is 210 g/mol. The molecule has 1 aromatic heterocycles. The lowest BCUT2D eigenvalue weighted by atomic mass is 10.0. The molecule has 1 aromatic carbocycles. The zero-order chi connectivity index (χ0) is 10.4. The first-order chi connectivity index (χ1) is 7.25. The summed E-state index contributed by atoms with van der Waals surface area (Å²) in [5.41, 5.74) is 3.43. The van der Waals surface area contributed by atoms with Crippen molar-refractivity contribution in [3.05, 3.63) is 34.3 Å². The summed E-state index contributed by atoms with van der Waals surface area (Å²) in [7, 11) is 0. The van der Waals surface area contributed by atoms with Gasteiger partial charge in [0.1, 0.15) is 0 Å².